The Hall–Kier alpha value is -1.86. The molecule has 102 valence electrons. The number of halogens is 3. The maximum Gasteiger partial charge on any atom is 0.392 e. The average molecular weight is 271 g/mol. The van der Waals surface area contributed by atoms with Gasteiger partial charge in [-0.1, -0.05) is 5.21 Å². The molecule has 0 aromatic carbocycles. The van der Waals surface area contributed by atoms with Gasteiger partial charge in [0.05, 0.1) is 12.1 Å². The number of aryl methyl sites for hydroxylation is 1. The third-order valence-electron chi connectivity index (χ3n) is 3.35. The van der Waals surface area contributed by atoms with Crippen LogP contribution in [-0.4, -0.2) is 30.7 Å². The lowest BCUT2D eigenvalue weighted by atomic mass is 10.3. The monoisotopic (exact) mass is 271 g/mol. The lowest BCUT2D eigenvalue weighted by molar-refractivity contribution is -0.151. The van der Waals surface area contributed by atoms with Crippen LogP contribution in [0.4, 0.5) is 13.2 Å². The Kier molecular flexibility index (Phi) is 2.61. The van der Waals surface area contributed by atoms with Gasteiger partial charge < -0.3 is 4.57 Å². The van der Waals surface area contributed by atoms with Crippen LogP contribution in [0.1, 0.15) is 6.42 Å². The van der Waals surface area contributed by atoms with Crippen molar-refractivity contribution in [2.45, 2.75) is 19.1 Å². The molecule has 1 saturated carbocycles. The highest BCUT2D eigenvalue weighted by Crippen LogP contribution is 2.50. The number of alkyl halides is 3. The molecule has 1 aliphatic carbocycles. The van der Waals surface area contributed by atoms with E-state index in [9.17, 15) is 13.2 Å². The molecule has 0 radical (unpaired) electrons. The van der Waals surface area contributed by atoms with E-state index >= 15 is 0 Å². The van der Waals surface area contributed by atoms with Gasteiger partial charge in [-0.25, -0.2) is 4.98 Å². The molecule has 2 atom stereocenters. The van der Waals surface area contributed by atoms with Gasteiger partial charge in [0.1, 0.15) is 5.69 Å². The molecule has 2 aromatic heterocycles. The zero-order valence-electron chi connectivity index (χ0n) is 10.2. The predicted molar refractivity (Wildman–Crippen MR) is 59.9 cm³/mol. The lowest BCUT2D eigenvalue weighted by Gasteiger charge is -2.04. The van der Waals surface area contributed by atoms with Crippen LogP contribution in [0.3, 0.4) is 0 Å². The van der Waals surface area contributed by atoms with E-state index < -0.39 is 12.1 Å². The van der Waals surface area contributed by atoms with Gasteiger partial charge in [0.15, 0.2) is 5.82 Å². The third-order valence-corrected chi connectivity index (χ3v) is 3.35. The van der Waals surface area contributed by atoms with E-state index in [0.717, 1.165) is 0 Å². The van der Waals surface area contributed by atoms with E-state index in [2.05, 4.69) is 15.3 Å². The zero-order chi connectivity index (χ0) is 13.6. The summed E-state index contributed by atoms with van der Waals surface area (Å²) in [7, 11) is 1.82. The molecule has 0 aliphatic heterocycles. The van der Waals surface area contributed by atoms with Crippen molar-refractivity contribution >= 4 is 0 Å². The Bertz CT molecular complexity index is 585. The van der Waals surface area contributed by atoms with Gasteiger partial charge in [0.25, 0.3) is 0 Å². The number of hydrogen-bond donors (Lipinski definition) is 0. The molecule has 2 heterocycles. The Morgan fingerprint density at radius 3 is 2.79 bits per heavy atom. The van der Waals surface area contributed by atoms with Gasteiger partial charge in [0, 0.05) is 26.0 Å². The molecule has 1 aliphatic rings. The first-order valence-electron chi connectivity index (χ1n) is 5.89. The first-order chi connectivity index (χ1) is 8.95. The number of nitrogens with zero attached hydrogens (tertiary/aromatic N) is 5. The van der Waals surface area contributed by atoms with Crippen molar-refractivity contribution in [3.8, 4) is 11.5 Å². The largest absolute Gasteiger partial charge is 0.392 e. The number of hydrogen-bond acceptors (Lipinski definition) is 3. The molecule has 8 heteroatoms. The summed E-state index contributed by atoms with van der Waals surface area (Å²) in [6, 6.07) is 0. The molecule has 0 N–H and O–H groups in total. The molecule has 2 aromatic rings. The Balaban J connectivity index is 1.69. The van der Waals surface area contributed by atoms with Crippen molar-refractivity contribution in [3.05, 3.63) is 18.6 Å². The maximum absolute atomic E-state index is 12.4. The van der Waals surface area contributed by atoms with Gasteiger partial charge in [0.2, 0.25) is 0 Å². The van der Waals surface area contributed by atoms with Crippen molar-refractivity contribution < 1.29 is 13.2 Å². The third kappa shape index (κ3) is 2.34. The Labute approximate surface area is 107 Å². The number of aromatic nitrogens is 5. The SMILES string of the molecule is Cn1ccnc1-c1cn(C[C@@H]2C[C@H]2C(F)(F)F)nn1. The van der Waals surface area contributed by atoms with E-state index in [1.807, 2.05) is 7.05 Å². The second-order valence-electron chi connectivity index (χ2n) is 4.83. The fourth-order valence-electron chi connectivity index (χ4n) is 2.19. The molecule has 0 saturated heterocycles. The first kappa shape index (κ1) is 12.2. The Morgan fingerprint density at radius 2 is 2.21 bits per heavy atom. The molecular formula is C11H12F3N5. The second kappa shape index (κ2) is 4.07. The highest BCUT2D eigenvalue weighted by Gasteiger charge is 2.55. The van der Waals surface area contributed by atoms with Crippen LogP contribution in [0.15, 0.2) is 18.6 Å². The summed E-state index contributed by atoms with van der Waals surface area (Å²) in [5.74, 6) is -0.918. The van der Waals surface area contributed by atoms with Crippen molar-refractivity contribution in [3.63, 3.8) is 0 Å². The van der Waals surface area contributed by atoms with Crippen LogP contribution in [0.5, 0.6) is 0 Å². The van der Waals surface area contributed by atoms with Gasteiger partial charge >= 0.3 is 6.18 Å². The summed E-state index contributed by atoms with van der Waals surface area (Å²) in [5.41, 5.74) is 0.566. The highest BCUT2D eigenvalue weighted by molar-refractivity contribution is 5.46. The van der Waals surface area contributed by atoms with E-state index in [1.165, 1.54) is 4.68 Å². The molecular weight excluding hydrogens is 259 g/mol. The van der Waals surface area contributed by atoms with E-state index in [4.69, 9.17) is 0 Å². The normalized spacial score (nSPS) is 22.7. The molecule has 3 rings (SSSR count). The maximum atomic E-state index is 12.4. The molecule has 19 heavy (non-hydrogen) atoms. The minimum atomic E-state index is -4.09. The van der Waals surface area contributed by atoms with Crippen molar-refractivity contribution in [1.82, 2.24) is 24.5 Å². The molecule has 0 bridgehead atoms. The quantitative estimate of drug-likeness (QED) is 0.856. The van der Waals surface area contributed by atoms with Crippen LogP contribution < -0.4 is 0 Å². The second-order valence-corrected chi connectivity index (χ2v) is 4.83. The summed E-state index contributed by atoms with van der Waals surface area (Å²) in [4.78, 5) is 4.12. The predicted octanol–water partition coefficient (Wildman–Crippen LogP) is 1.88. The fourth-order valence-corrected chi connectivity index (χ4v) is 2.19. The lowest BCUT2D eigenvalue weighted by Crippen LogP contribution is -2.14. The van der Waals surface area contributed by atoms with E-state index in [1.54, 1.807) is 23.2 Å². The summed E-state index contributed by atoms with van der Waals surface area (Å²) < 4.78 is 40.5. The molecule has 0 spiro atoms. The fraction of sp³-hybridized carbons (Fsp3) is 0.545. The standard InChI is InChI=1S/C11H12F3N5/c1-18-3-2-15-10(18)9-6-19(17-16-9)5-7-4-8(7)11(12,13)14/h2-3,6-8H,4-5H2,1H3/t7-,8+/m0/s1. The van der Waals surface area contributed by atoms with Gasteiger partial charge in [-0.15, -0.1) is 5.10 Å². The summed E-state index contributed by atoms with van der Waals surface area (Å²) >= 11 is 0. The van der Waals surface area contributed by atoms with Crippen LogP contribution in [0, 0.1) is 11.8 Å². The topological polar surface area (TPSA) is 48.5 Å². The number of rotatable bonds is 3. The molecule has 5 nitrogen and oxygen atoms in total. The van der Waals surface area contributed by atoms with Crippen molar-refractivity contribution in [1.29, 1.82) is 0 Å². The summed E-state index contributed by atoms with van der Waals surface area (Å²) in [5, 5.41) is 7.79. The summed E-state index contributed by atoms with van der Waals surface area (Å²) in [6.45, 7) is 0.252. The van der Waals surface area contributed by atoms with Crippen molar-refractivity contribution in [2.75, 3.05) is 0 Å². The van der Waals surface area contributed by atoms with Gasteiger partial charge in [-0.3, -0.25) is 4.68 Å². The zero-order valence-corrected chi connectivity index (χ0v) is 10.2. The first-order valence-corrected chi connectivity index (χ1v) is 5.89. The molecule has 1 fully saturated rings. The van der Waals surface area contributed by atoms with E-state index in [-0.39, 0.29) is 18.9 Å². The minimum absolute atomic E-state index is 0.182. The summed E-state index contributed by atoms with van der Waals surface area (Å²) in [6.07, 6.45) is 1.13. The highest BCUT2D eigenvalue weighted by atomic mass is 19.4. The van der Waals surface area contributed by atoms with Gasteiger partial charge in [-0.2, -0.15) is 13.2 Å². The van der Waals surface area contributed by atoms with E-state index in [0.29, 0.717) is 11.5 Å². The molecule has 0 amide bonds. The van der Waals surface area contributed by atoms with Gasteiger partial charge in [-0.05, 0) is 12.3 Å². The van der Waals surface area contributed by atoms with Crippen LogP contribution >= 0.6 is 0 Å². The average Bonchev–Trinajstić information content (AvgIpc) is 2.74. The Morgan fingerprint density at radius 1 is 1.42 bits per heavy atom. The minimum Gasteiger partial charge on any atom is -0.333 e. The smallest absolute Gasteiger partial charge is 0.333 e. The number of imidazole rings is 1. The van der Waals surface area contributed by atoms with Crippen LogP contribution in [-0.2, 0) is 13.6 Å². The molecule has 0 unspecified atom stereocenters. The van der Waals surface area contributed by atoms with Crippen LogP contribution in [0.25, 0.3) is 11.5 Å². The van der Waals surface area contributed by atoms with Crippen molar-refractivity contribution in [2.24, 2.45) is 18.9 Å². The van der Waals surface area contributed by atoms with Crippen LogP contribution in [0.2, 0.25) is 0 Å².